The van der Waals surface area contributed by atoms with E-state index in [-0.39, 0.29) is 0 Å². The van der Waals surface area contributed by atoms with E-state index in [1.165, 1.54) is 5.56 Å². The summed E-state index contributed by atoms with van der Waals surface area (Å²) in [5.74, 6) is 2.06. The van der Waals surface area contributed by atoms with E-state index in [9.17, 15) is 0 Å². The molecule has 0 unspecified atom stereocenters. The lowest BCUT2D eigenvalue weighted by molar-refractivity contribution is 0.496. The Labute approximate surface area is 105 Å². The molecule has 0 saturated heterocycles. The first-order valence-corrected chi connectivity index (χ1v) is 6.07. The Morgan fingerprint density at radius 2 is 2.06 bits per heavy atom. The number of aromatic nitrogens is 3. The van der Waals surface area contributed by atoms with Crippen LogP contribution in [0, 0.1) is 0 Å². The van der Waals surface area contributed by atoms with Gasteiger partial charge in [-0.25, -0.2) is 0 Å². The molecule has 4 nitrogen and oxygen atoms in total. The largest absolute Gasteiger partial charge is 0.312 e. The summed E-state index contributed by atoms with van der Waals surface area (Å²) in [6.45, 7) is 2.75. The molecule has 1 aromatic carbocycles. The van der Waals surface area contributed by atoms with Crippen molar-refractivity contribution in [1.29, 1.82) is 0 Å². The van der Waals surface area contributed by atoms with E-state index in [1.54, 1.807) is 0 Å². The Morgan fingerprint density at radius 3 is 2.88 bits per heavy atom. The van der Waals surface area contributed by atoms with Gasteiger partial charge >= 0.3 is 0 Å². The normalized spacial score (nSPS) is 14.6. The van der Waals surface area contributed by atoms with Gasteiger partial charge in [-0.2, -0.15) is 0 Å². The molecule has 1 aromatic heterocycles. The molecule has 0 spiro atoms. The summed E-state index contributed by atoms with van der Waals surface area (Å²) in [5, 5.41) is 12.5. The van der Waals surface area contributed by atoms with Gasteiger partial charge in [0.15, 0.2) is 0 Å². The highest BCUT2D eigenvalue weighted by molar-refractivity contribution is 6.30. The molecule has 0 fully saturated rings. The van der Waals surface area contributed by atoms with Crippen LogP contribution < -0.4 is 5.32 Å². The molecular formula is C12H13ClN4. The second kappa shape index (κ2) is 4.47. The summed E-state index contributed by atoms with van der Waals surface area (Å²) in [6.07, 6.45) is 0.810. The Morgan fingerprint density at radius 1 is 1.24 bits per heavy atom. The molecule has 0 amide bonds. The molecule has 88 valence electrons. The van der Waals surface area contributed by atoms with Gasteiger partial charge in [-0.1, -0.05) is 23.7 Å². The first-order valence-electron chi connectivity index (χ1n) is 5.69. The Kier molecular flexibility index (Phi) is 2.82. The van der Waals surface area contributed by atoms with Crippen molar-refractivity contribution >= 4 is 11.6 Å². The molecule has 0 bridgehead atoms. The molecule has 1 aliphatic rings. The third-order valence-electron chi connectivity index (χ3n) is 2.97. The van der Waals surface area contributed by atoms with Crippen LogP contribution in [0.25, 0.3) is 0 Å². The van der Waals surface area contributed by atoms with E-state index >= 15 is 0 Å². The molecular weight excluding hydrogens is 236 g/mol. The van der Waals surface area contributed by atoms with E-state index < -0.39 is 0 Å². The number of nitrogens with zero attached hydrogens (tertiary/aromatic N) is 3. The van der Waals surface area contributed by atoms with Crippen molar-refractivity contribution in [3.8, 4) is 0 Å². The standard InChI is InChI=1S/C12H13ClN4/c13-10-3-1-9(2-4-10)7-11-15-16-12-8-14-5-6-17(11)12/h1-4,14H,5-8H2. The summed E-state index contributed by atoms with van der Waals surface area (Å²) in [5.41, 5.74) is 1.21. The number of fused-ring (bicyclic) bond motifs is 1. The highest BCUT2D eigenvalue weighted by Crippen LogP contribution is 2.14. The Bertz CT molecular complexity index is 518. The Hall–Kier alpha value is -1.39. The lowest BCUT2D eigenvalue weighted by atomic mass is 10.1. The van der Waals surface area contributed by atoms with Gasteiger partial charge in [0, 0.05) is 24.5 Å². The highest BCUT2D eigenvalue weighted by atomic mass is 35.5. The smallest absolute Gasteiger partial charge is 0.147 e. The molecule has 1 N–H and O–H groups in total. The van der Waals surface area contributed by atoms with E-state index in [0.717, 1.165) is 42.7 Å². The minimum atomic E-state index is 0.765. The van der Waals surface area contributed by atoms with Crippen LogP contribution in [-0.2, 0) is 19.5 Å². The summed E-state index contributed by atoms with van der Waals surface area (Å²) in [4.78, 5) is 0. The fourth-order valence-electron chi connectivity index (χ4n) is 2.07. The van der Waals surface area contributed by atoms with Gasteiger partial charge in [0.1, 0.15) is 11.6 Å². The van der Waals surface area contributed by atoms with Gasteiger partial charge in [0.25, 0.3) is 0 Å². The maximum atomic E-state index is 5.87. The third-order valence-corrected chi connectivity index (χ3v) is 3.23. The zero-order valence-electron chi connectivity index (χ0n) is 9.36. The summed E-state index contributed by atoms with van der Waals surface area (Å²) in [7, 11) is 0. The summed E-state index contributed by atoms with van der Waals surface area (Å²) >= 11 is 5.87. The lowest BCUT2D eigenvalue weighted by Gasteiger charge is -2.15. The fraction of sp³-hybridized carbons (Fsp3) is 0.333. The van der Waals surface area contributed by atoms with Crippen LogP contribution in [-0.4, -0.2) is 21.3 Å². The van der Waals surface area contributed by atoms with Gasteiger partial charge in [0.05, 0.1) is 6.54 Å². The topological polar surface area (TPSA) is 42.7 Å². The molecule has 1 aliphatic heterocycles. The number of hydrogen-bond donors (Lipinski definition) is 1. The van der Waals surface area contributed by atoms with Crippen molar-refractivity contribution in [2.24, 2.45) is 0 Å². The van der Waals surface area contributed by atoms with Crippen LogP contribution in [0.2, 0.25) is 5.02 Å². The van der Waals surface area contributed by atoms with Crippen LogP contribution in [0.4, 0.5) is 0 Å². The predicted octanol–water partition coefficient (Wildman–Crippen LogP) is 1.63. The fourth-order valence-corrected chi connectivity index (χ4v) is 2.19. The van der Waals surface area contributed by atoms with E-state index in [1.807, 2.05) is 24.3 Å². The number of hydrogen-bond acceptors (Lipinski definition) is 3. The molecule has 0 saturated carbocycles. The van der Waals surface area contributed by atoms with Crippen molar-refractivity contribution in [3.63, 3.8) is 0 Å². The van der Waals surface area contributed by atoms with Crippen molar-refractivity contribution in [1.82, 2.24) is 20.1 Å². The molecule has 0 atom stereocenters. The maximum Gasteiger partial charge on any atom is 0.147 e. The number of nitrogens with one attached hydrogen (secondary N) is 1. The van der Waals surface area contributed by atoms with E-state index in [4.69, 9.17) is 11.6 Å². The van der Waals surface area contributed by atoms with Crippen molar-refractivity contribution in [2.45, 2.75) is 19.5 Å². The van der Waals surface area contributed by atoms with Crippen molar-refractivity contribution < 1.29 is 0 Å². The molecule has 0 aliphatic carbocycles. The molecule has 3 rings (SSSR count). The predicted molar refractivity (Wildman–Crippen MR) is 66.0 cm³/mol. The third kappa shape index (κ3) is 2.18. The SMILES string of the molecule is Clc1ccc(Cc2nnc3n2CCNC3)cc1. The Balaban J connectivity index is 1.85. The van der Waals surface area contributed by atoms with Gasteiger partial charge in [-0.3, -0.25) is 0 Å². The minimum absolute atomic E-state index is 0.765. The zero-order valence-corrected chi connectivity index (χ0v) is 10.1. The van der Waals surface area contributed by atoms with Gasteiger partial charge < -0.3 is 9.88 Å². The monoisotopic (exact) mass is 248 g/mol. The van der Waals surface area contributed by atoms with E-state index in [2.05, 4.69) is 20.1 Å². The molecule has 17 heavy (non-hydrogen) atoms. The second-order valence-corrected chi connectivity index (χ2v) is 4.60. The number of halogens is 1. The quantitative estimate of drug-likeness (QED) is 0.879. The van der Waals surface area contributed by atoms with Crippen LogP contribution in [0.5, 0.6) is 0 Å². The molecule has 5 heteroatoms. The zero-order chi connectivity index (χ0) is 11.7. The second-order valence-electron chi connectivity index (χ2n) is 4.16. The van der Waals surface area contributed by atoms with Gasteiger partial charge in [-0.05, 0) is 17.7 Å². The molecule has 2 aromatic rings. The first-order chi connectivity index (χ1) is 8.33. The lowest BCUT2D eigenvalue weighted by Crippen LogP contribution is -2.29. The van der Waals surface area contributed by atoms with Gasteiger partial charge in [0.2, 0.25) is 0 Å². The van der Waals surface area contributed by atoms with Crippen LogP contribution >= 0.6 is 11.6 Å². The van der Waals surface area contributed by atoms with Crippen molar-refractivity contribution in [3.05, 3.63) is 46.5 Å². The molecule has 0 radical (unpaired) electrons. The summed E-state index contributed by atoms with van der Waals surface area (Å²) < 4.78 is 2.20. The van der Waals surface area contributed by atoms with Crippen LogP contribution in [0.15, 0.2) is 24.3 Å². The minimum Gasteiger partial charge on any atom is -0.312 e. The van der Waals surface area contributed by atoms with E-state index in [0.29, 0.717) is 0 Å². The number of benzene rings is 1. The maximum absolute atomic E-state index is 5.87. The van der Waals surface area contributed by atoms with Crippen molar-refractivity contribution in [2.75, 3.05) is 6.54 Å². The summed E-state index contributed by atoms with van der Waals surface area (Å²) in [6, 6.07) is 7.88. The molecule has 2 heterocycles. The van der Waals surface area contributed by atoms with Crippen LogP contribution in [0.1, 0.15) is 17.2 Å². The van der Waals surface area contributed by atoms with Gasteiger partial charge in [-0.15, -0.1) is 10.2 Å². The average molecular weight is 249 g/mol. The van der Waals surface area contributed by atoms with Crippen LogP contribution in [0.3, 0.4) is 0 Å². The highest BCUT2D eigenvalue weighted by Gasteiger charge is 2.15. The number of rotatable bonds is 2. The first kappa shape index (κ1) is 10.7. The average Bonchev–Trinajstić information content (AvgIpc) is 2.76.